The minimum absolute atomic E-state index is 0.236. The number of hydrogen-bond donors (Lipinski definition) is 3. The van der Waals surface area contributed by atoms with Gasteiger partial charge in [0.25, 0.3) is 0 Å². The molecule has 2 aliphatic rings. The van der Waals surface area contributed by atoms with Crippen molar-refractivity contribution >= 4 is 34.4 Å². The quantitative estimate of drug-likeness (QED) is 0.687. The number of aromatic nitrogens is 1. The molecule has 2 amide bonds. The number of fused-ring (bicyclic) bond motifs is 1. The van der Waals surface area contributed by atoms with E-state index in [1.807, 2.05) is 35.0 Å². The Morgan fingerprint density at radius 2 is 1.96 bits per heavy atom. The summed E-state index contributed by atoms with van der Waals surface area (Å²) < 4.78 is 1.91. The van der Waals surface area contributed by atoms with Crippen molar-refractivity contribution in [1.82, 2.24) is 9.88 Å². The lowest BCUT2D eigenvalue weighted by Crippen LogP contribution is -2.45. The fourth-order valence-electron chi connectivity index (χ4n) is 4.29. The number of carbonyl (C=O) groups excluding carboxylic acids is 2. The van der Waals surface area contributed by atoms with Gasteiger partial charge in [0.15, 0.2) is 0 Å². The smallest absolute Gasteiger partial charge is 0.306 e. The summed E-state index contributed by atoms with van der Waals surface area (Å²) in [4.78, 5) is 36.8. The van der Waals surface area contributed by atoms with E-state index in [-0.39, 0.29) is 18.2 Å². The van der Waals surface area contributed by atoms with Crippen molar-refractivity contribution in [2.75, 3.05) is 18.0 Å². The van der Waals surface area contributed by atoms with Gasteiger partial charge < -0.3 is 19.7 Å². The van der Waals surface area contributed by atoms with Gasteiger partial charge >= 0.3 is 5.97 Å². The summed E-state index contributed by atoms with van der Waals surface area (Å²) in [6.07, 6.45) is 3.22. The van der Waals surface area contributed by atoms with Gasteiger partial charge in [-0.2, -0.15) is 0 Å². The molecule has 2 saturated heterocycles. The number of carboxylic acid groups (broad SMARTS) is 1. The van der Waals surface area contributed by atoms with Crippen LogP contribution in [0.2, 0.25) is 0 Å². The zero-order valence-electron chi connectivity index (χ0n) is 15.4. The summed E-state index contributed by atoms with van der Waals surface area (Å²) in [5.74, 6) is -1.50. The Kier molecular flexibility index (Phi) is 4.58. The summed E-state index contributed by atoms with van der Waals surface area (Å²) in [5, 5.41) is 22.8. The number of piperidine rings is 2. The number of carbonyl (C=O) groups is 3. The van der Waals surface area contributed by atoms with E-state index in [9.17, 15) is 19.5 Å². The first-order chi connectivity index (χ1) is 13.4. The Morgan fingerprint density at radius 1 is 1.21 bits per heavy atom. The van der Waals surface area contributed by atoms with Crippen molar-refractivity contribution in [3.05, 3.63) is 30.5 Å². The van der Waals surface area contributed by atoms with E-state index in [1.54, 1.807) is 0 Å². The van der Waals surface area contributed by atoms with Gasteiger partial charge in [-0.25, -0.2) is 0 Å². The molecule has 2 aliphatic heterocycles. The van der Waals surface area contributed by atoms with E-state index in [4.69, 9.17) is 5.11 Å². The maximum atomic E-state index is 12.3. The molecule has 8 nitrogen and oxygen atoms in total. The molecular formula is C20H23N3O5. The number of rotatable bonds is 4. The van der Waals surface area contributed by atoms with Crippen molar-refractivity contribution in [3.63, 3.8) is 0 Å². The average molecular weight is 385 g/mol. The SMILES string of the molecule is O=C(O)CC1(O)CCN(c2cccc3c2ccn3C2CCC(=O)NC2=O)CC1. The van der Waals surface area contributed by atoms with Crippen LogP contribution in [0.15, 0.2) is 30.5 Å². The molecule has 3 heterocycles. The van der Waals surface area contributed by atoms with Crippen molar-refractivity contribution in [1.29, 1.82) is 0 Å². The van der Waals surface area contributed by atoms with Crippen LogP contribution in [-0.4, -0.2) is 51.3 Å². The van der Waals surface area contributed by atoms with E-state index in [0.29, 0.717) is 38.8 Å². The standard InChI is InChI=1S/C20H23N3O5/c24-17-5-4-16(19(27)21-17)23-9-6-13-14(2-1-3-15(13)23)22-10-7-20(28,8-11-22)12-18(25)26/h1-3,6,9,16,28H,4-5,7-8,10-12H2,(H,25,26)(H,21,24,27). The fourth-order valence-corrected chi connectivity index (χ4v) is 4.29. The number of anilines is 1. The van der Waals surface area contributed by atoms with Crippen LogP contribution in [0.1, 0.15) is 38.1 Å². The molecule has 0 saturated carbocycles. The maximum absolute atomic E-state index is 12.3. The molecule has 4 rings (SSSR count). The van der Waals surface area contributed by atoms with Crippen LogP contribution in [0.4, 0.5) is 5.69 Å². The van der Waals surface area contributed by atoms with Crippen LogP contribution in [0.5, 0.6) is 0 Å². The summed E-state index contributed by atoms with van der Waals surface area (Å²) in [6, 6.07) is 7.43. The predicted octanol–water partition coefficient (Wildman–Crippen LogP) is 1.42. The molecule has 1 atom stereocenters. The number of nitrogens with zero attached hydrogens (tertiary/aromatic N) is 2. The lowest BCUT2D eigenvalue weighted by molar-refractivity contribution is -0.143. The van der Waals surface area contributed by atoms with Crippen molar-refractivity contribution in [2.45, 2.75) is 43.7 Å². The minimum atomic E-state index is -1.16. The van der Waals surface area contributed by atoms with E-state index in [1.165, 1.54) is 0 Å². The Morgan fingerprint density at radius 3 is 2.64 bits per heavy atom. The average Bonchev–Trinajstić information content (AvgIpc) is 3.05. The van der Waals surface area contributed by atoms with Crippen LogP contribution < -0.4 is 10.2 Å². The molecule has 3 N–H and O–H groups in total. The molecule has 2 fully saturated rings. The molecule has 0 spiro atoms. The van der Waals surface area contributed by atoms with E-state index in [0.717, 1.165) is 16.6 Å². The first kappa shape index (κ1) is 18.5. The van der Waals surface area contributed by atoms with Gasteiger partial charge in [-0.1, -0.05) is 6.07 Å². The van der Waals surface area contributed by atoms with Gasteiger partial charge in [0, 0.05) is 36.8 Å². The second-order valence-electron chi connectivity index (χ2n) is 7.68. The molecule has 0 bridgehead atoms. The summed E-state index contributed by atoms with van der Waals surface area (Å²) in [6.45, 7) is 1.12. The third-order valence-electron chi connectivity index (χ3n) is 5.80. The number of imide groups is 1. The highest BCUT2D eigenvalue weighted by atomic mass is 16.4. The highest BCUT2D eigenvalue weighted by molar-refractivity contribution is 6.01. The molecule has 1 unspecified atom stereocenters. The maximum Gasteiger partial charge on any atom is 0.306 e. The summed E-state index contributed by atoms with van der Waals surface area (Å²) >= 11 is 0. The van der Waals surface area contributed by atoms with Gasteiger partial charge in [-0.05, 0) is 37.5 Å². The highest BCUT2D eigenvalue weighted by Crippen LogP contribution is 2.35. The lowest BCUT2D eigenvalue weighted by Gasteiger charge is -2.38. The zero-order chi connectivity index (χ0) is 19.9. The molecule has 28 heavy (non-hydrogen) atoms. The number of carboxylic acids is 1. The van der Waals surface area contributed by atoms with Gasteiger partial charge in [-0.15, -0.1) is 0 Å². The zero-order valence-corrected chi connectivity index (χ0v) is 15.4. The second-order valence-corrected chi connectivity index (χ2v) is 7.68. The van der Waals surface area contributed by atoms with Crippen molar-refractivity contribution < 1.29 is 24.6 Å². The predicted molar refractivity (Wildman–Crippen MR) is 102 cm³/mol. The Hall–Kier alpha value is -2.87. The first-order valence-corrected chi connectivity index (χ1v) is 9.49. The third kappa shape index (κ3) is 3.35. The van der Waals surface area contributed by atoms with Crippen LogP contribution in [0, 0.1) is 0 Å². The first-order valence-electron chi connectivity index (χ1n) is 9.49. The molecule has 0 aliphatic carbocycles. The number of benzene rings is 1. The Balaban J connectivity index is 1.59. The molecule has 1 aromatic heterocycles. The Labute approximate surface area is 161 Å². The van der Waals surface area contributed by atoms with E-state index >= 15 is 0 Å². The van der Waals surface area contributed by atoms with E-state index < -0.39 is 17.6 Å². The molecule has 148 valence electrons. The molecule has 1 aromatic carbocycles. The number of aliphatic carboxylic acids is 1. The normalized spacial score (nSPS) is 22.3. The highest BCUT2D eigenvalue weighted by Gasteiger charge is 2.35. The molecule has 8 heteroatoms. The number of nitrogens with one attached hydrogen (secondary N) is 1. The summed E-state index contributed by atoms with van der Waals surface area (Å²) in [5.41, 5.74) is 0.758. The largest absolute Gasteiger partial charge is 0.481 e. The second kappa shape index (κ2) is 6.94. The monoisotopic (exact) mass is 385 g/mol. The van der Waals surface area contributed by atoms with E-state index in [2.05, 4.69) is 10.2 Å². The van der Waals surface area contributed by atoms with Gasteiger partial charge in [-0.3, -0.25) is 19.7 Å². The topological polar surface area (TPSA) is 112 Å². The van der Waals surface area contributed by atoms with Crippen LogP contribution in [0.3, 0.4) is 0 Å². The molecule has 2 aromatic rings. The van der Waals surface area contributed by atoms with Crippen molar-refractivity contribution in [2.24, 2.45) is 0 Å². The van der Waals surface area contributed by atoms with Crippen LogP contribution in [0.25, 0.3) is 10.9 Å². The fraction of sp³-hybridized carbons (Fsp3) is 0.450. The molecule has 0 radical (unpaired) electrons. The van der Waals surface area contributed by atoms with Crippen molar-refractivity contribution in [3.8, 4) is 0 Å². The number of amides is 2. The van der Waals surface area contributed by atoms with Gasteiger partial charge in [0.2, 0.25) is 11.8 Å². The summed E-state index contributed by atoms with van der Waals surface area (Å²) in [7, 11) is 0. The number of aliphatic hydroxyl groups is 1. The van der Waals surface area contributed by atoms with Gasteiger partial charge in [0.1, 0.15) is 6.04 Å². The lowest BCUT2D eigenvalue weighted by atomic mass is 9.88. The Bertz CT molecular complexity index is 942. The van der Waals surface area contributed by atoms with Gasteiger partial charge in [0.05, 0.1) is 17.5 Å². The minimum Gasteiger partial charge on any atom is -0.481 e. The third-order valence-corrected chi connectivity index (χ3v) is 5.80. The van der Waals surface area contributed by atoms with Crippen LogP contribution in [-0.2, 0) is 14.4 Å². The molecular weight excluding hydrogens is 362 g/mol. The van der Waals surface area contributed by atoms with Crippen LogP contribution >= 0.6 is 0 Å². The number of hydrogen-bond acceptors (Lipinski definition) is 5.